The molecule has 2 aliphatic rings. The van der Waals surface area contributed by atoms with E-state index in [2.05, 4.69) is 15.0 Å². The third-order valence-electron chi connectivity index (χ3n) is 3.69. The lowest BCUT2D eigenvalue weighted by Crippen LogP contribution is -2.30. The van der Waals surface area contributed by atoms with Gasteiger partial charge in [0.1, 0.15) is 0 Å². The van der Waals surface area contributed by atoms with Crippen LogP contribution in [0.3, 0.4) is 0 Å². The van der Waals surface area contributed by atoms with Crippen molar-refractivity contribution in [3.63, 3.8) is 0 Å². The molecule has 19 heavy (non-hydrogen) atoms. The molecule has 102 valence electrons. The van der Waals surface area contributed by atoms with E-state index in [9.17, 15) is 0 Å². The Morgan fingerprint density at radius 3 is 2.95 bits per heavy atom. The lowest BCUT2D eigenvalue weighted by molar-refractivity contribution is 0.367. The Kier molecular flexibility index (Phi) is 4.18. The second-order valence-corrected chi connectivity index (χ2v) is 6.45. The maximum absolute atomic E-state index is 5.98. The average molecular weight is 296 g/mol. The van der Waals surface area contributed by atoms with E-state index in [1.807, 2.05) is 18.2 Å². The standard InChI is InChI=1S/C14H18ClN3S/c15-11-6-7-12-13(8-11)19-18-14(17-12)16-9-10-4-2-1-3-5-10/h6-8,10H,1-5,9H2,(H2,16,17,18). The highest BCUT2D eigenvalue weighted by atomic mass is 35.5. The molecule has 0 amide bonds. The molecule has 0 unspecified atom stereocenters. The van der Waals surface area contributed by atoms with Crippen molar-refractivity contribution >= 4 is 35.2 Å². The molecule has 0 bridgehead atoms. The average Bonchev–Trinajstić information content (AvgIpc) is 2.46. The van der Waals surface area contributed by atoms with Gasteiger partial charge in [0.25, 0.3) is 0 Å². The predicted molar refractivity (Wildman–Crippen MR) is 82.9 cm³/mol. The van der Waals surface area contributed by atoms with E-state index in [0.29, 0.717) is 0 Å². The third-order valence-corrected chi connectivity index (χ3v) is 4.77. The number of hydrogen-bond donors (Lipinski definition) is 2. The third kappa shape index (κ3) is 3.37. The predicted octanol–water partition coefficient (Wildman–Crippen LogP) is 4.30. The number of nitrogens with one attached hydrogen (secondary N) is 2. The topological polar surface area (TPSA) is 36.4 Å². The molecule has 3 rings (SSSR count). The van der Waals surface area contributed by atoms with Crippen molar-refractivity contribution in [2.75, 3.05) is 11.9 Å². The lowest BCUT2D eigenvalue weighted by Gasteiger charge is -2.23. The molecular formula is C14H18ClN3S. The molecule has 1 saturated carbocycles. The number of nitrogens with zero attached hydrogens (tertiary/aromatic N) is 1. The number of halogens is 1. The van der Waals surface area contributed by atoms with Crippen LogP contribution in [0.1, 0.15) is 32.1 Å². The summed E-state index contributed by atoms with van der Waals surface area (Å²) in [6.07, 6.45) is 6.79. The molecule has 0 atom stereocenters. The second-order valence-electron chi connectivity index (χ2n) is 5.16. The summed E-state index contributed by atoms with van der Waals surface area (Å²) in [6, 6.07) is 5.86. The van der Waals surface area contributed by atoms with E-state index >= 15 is 0 Å². The van der Waals surface area contributed by atoms with Crippen molar-refractivity contribution in [2.45, 2.75) is 37.0 Å². The van der Waals surface area contributed by atoms with Crippen molar-refractivity contribution in [3.8, 4) is 0 Å². The molecular weight excluding hydrogens is 278 g/mol. The highest BCUT2D eigenvalue weighted by Crippen LogP contribution is 2.31. The number of benzene rings is 1. The van der Waals surface area contributed by atoms with E-state index in [0.717, 1.165) is 34.0 Å². The fourth-order valence-corrected chi connectivity index (χ4v) is 3.58. The Hall–Kier alpha value is -0.870. The van der Waals surface area contributed by atoms with Gasteiger partial charge in [0, 0.05) is 11.6 Å². The Balaban J connectivity index is 1.62. The molecule has 0 saturated heterocycles. The highest BCUT2D eigenvalue weighted by molar-refractivity contribution is 7.98. The zero-order chi connectivity index (χ0) is 13.1. The fourth-order valence-electron chi connectivity index (χ4n) is 2.60. The maximum atomic E-state index is 5.98. The maximum Gasteiger partial charge on any atom is 0.206 e. The van der Waals surface area contributed by atoms with E-state index in [-0.39, 0.29) is 0 Å². The molecule has 5 heteroatoms. The second kappa shape index (κ2) is 6.06. The first kappa shape index (κ1) is 13.1. The smallest absolute Gasteiger partial charge is 0.206 e. The molecule has 0 aromatic heterocycles. The normalized spacial score (nSPS) is 21.6. The summed E-state index contributed by atoms with van der Waals surface area (Å²) >= 11 is 7.55. The number of anilines is 1. The van der Waals surface area contributed by atoms with Gasteiger partial charge in [-0.25, -0.2) is 0 Å². The summed E-state index contributed by atoms with van der Waals surface area (Å²) in [7, 11) is 0. The van der Waals surface area contributed by atoms with E-state index in [4.69, 9.17) is 11.6 Å². The van der Waals surface area contributed by atoms with Gasteiger partial charge in [0.2, 0.25) is 5.96 Å². The van der Waals surface area contributed by atoms with Crippen LogP contribution < -0.4 is 10.0 Å². The molecule has 1 aliphatic carbocycles. The highest BCUT2D eigenvalue weighted by Gasteiger charge is 2.16. The van der Waals surface area contributed by atoms with Crippen molar-refractivity contribution in [3.05, 3.63) is 23.2 Å². The number of hydrogen-bond acceptors (Lipinski definition) is 2. The van der Waals surface area contributed by atoms with Crippen LogP contribution in [0.5, 0.6) is 0 Å². The summed E-state index contributed by atoms with van der Waals surface area (Å²) in [5, 5.41) is 4.08. The molecule has 0 radical (unpaired) electrons. The number of rotatable bonds is 2. The van der Waals surface area contributed by atoms with Gasteiger partial charge in [-0.2, -0.15) is 0 Å². The van der Waals surface area contributed by atoms with Crippen LogP contribution in [0, 0.1) is 5.92 Å². The zero-order valence-electron chi connectivity index (χ0n) is 10.8. The summed E-state index contributed by atoms with van der Waals surface area (Å²) in [5.74, 6) is 1.63. The molecule has 0 spiro atoms. The first-order chi connectivity index (χ1) is 9.31. The molecule has 2 N–H and O–H groups in total. The van der Waals surface area contributed by atoms with Crippen LogP contribution in [-0.4, -0.2) is 12.5 Å². The van der Waals surface area contributed by atoms with E-state index in [1.165, 1.54) is 32.1 Å². The van der Waals surface area contributed by atoms with Crippen molar-refractivity contribution < 1.29 is 0 Å². The van der Waals surface area contributed by atoms with Gasteiger partial charge in [-0.15, -0.1) is 0 Å². The van der Waals surface area contributed by atoms with Gasteiger partial charge in [-0.1, -0.05) is 30.9 Å². The molecule has 1 aliphatic heterocycles. The number of aliphatic imine (C=N–C) groups is 1. The Morgan fingerprint density at radius 2 is 2.11 bits per heavy atom. The minimum absolute atomic E-state index is 0.762. The first-order valence-corrected chi connectivity index (χ1v) is 8.04. The van der Waals surface area contributed by atoms with Crippen LogP contribution in [-0.2, 0) is 0 Å². The molecule has 1 heterocycles. The monoisotopic (exact) mass is 295 g/mol. The van der Waals surface area contributed by atoms with E-state index < -0.39 is 0 Å². The van der Waals surface area contributed by atoms with Gasteiger partial charge in [-0.3, -0.25) is 9.71 Å². The van der Waals surface area contributed by atoms with Crippen LogP contribution >= 0.6 is 23.5 Å². The zero-order valence-corrected chi connectivity index (χ0v) is 12.4. The van der Waals surface area contributed by atoms with Gasteiger partial charge in [0.05, 0.1) is 10.6 Å². The summed E-state index contributed by atoms with van der Waals surface area (Å²) in [5.41, 5.74) is 1.08. The molecule has 1 fully saturated rings. The van der Waals surface area contributed by atoms with Crippen molar-refractivity contribution in [2.24, 2.45) is 10.9 Å². The van der Waals surface area contributed by atoms with Gasteiger partial charge < -0.3 is 5.32 Å². The SMILES string of the molecule is Clc1ccc2c(c1)SNC(=NCC1CCCCC1)N2. The molecule has 1 aromatic carbocycles. The van der Waals surface area contributed by atoms with Crippen LogP contribution in [0.2, 0.25) is 5.02 Å². The van der Waals surface area contributed by atoms with Crippen molar-refractivity contribution in [1.82, 2.24) is 4.72 Å². The van der Waals surface area contributed by atoms with Crippen LogP contribution in [0.15, 0.2) is 28.1 Å². The number of guanidine groups is 1. The fraction of sp³-hybridized carbons (Fsp3) is 0.500. The molecule has 1 aromatic rings. The summed E-state index contributed by atoms with van der Waals surface area (Å²) < 4.78 is 3.24. The van der Waals surface area contributed by atoms with E-state index in [1.54, 1.807) is 11.9 Å². The lowest BCUT2D eigenvalue weighted by atomic mass is 9.89. The van der Waals surface area contributed by atoms with Gasteiger partial charge in [0.15, 0.2) is 0 Å². The first-order valence-electron chi connectivity index (χ1n) is 6.85. The summed E-state index contributed by atoms with van der Waals surface area (Å²) in [6.45, 7) is 0.929. The van der Waals surface area contributed by atoms with Crippen molar-refractivity contribution in [1.29, 1.82) is 0 Å². The van der Waals surface area contributed by atoms with Crippen LogP contribution in [0.4, 0.5) is 5.69 Å². The quantitative estimate of drug-likeness (QED) is 0.799. The largest absolute Gasteiger partial charge is 0.325 e. The Morgan fingerprint density at radius 1 is 1.26 bits per heavy atom. The van der Waals surface area contributed by atoms with Gasteiger partial charge in [-0.05, 0) is 48.9 Å². The summed E-state index contributed by atoms with van der Waals surface area (Å²) in [4.78, 5) is 5.78. The number of fused-ring (bicyclic) bond motifs is 1. The van der Waals surface area contributed by atoms with Crippen LogP contribution in [0.25, 0.3) is 0 Å². The Bertz CT molecular complexity index is 484. The molecule has 3 nitrogen and oxygen atoms in total. The minimum atomic E-state index is 0.762. The van der Waals surface area contributed by atoms with Gasteiger partial charge >= 0.3 is 0 Å². The minimum Gasteiger partial charge on any atom is -0.325 e. The Labute approximate surface area is 123 Å².